The Kier molecular flexibility index (Phi) is 3.06. The Labute approximate surface area is 111 Å². The van der Waals surface area contributed by atoms with E-state index in [0.29, 0.717) is 0 Å². The van der Waals surface area contributed by atoms with Crippen LogP contribution in [0.25, 0.3) is 0 Å². The smallest absolute Gasteiger partial charge is 0.118 e. The monoisotopic (exact) mass is 260 g/mol. The molecular formula is C14H16N2OS. The van der Waals surface area contributed by atoms with Gasteiger partial charge >= 0.3 is 0 Å². The molecule has 1 unspecified atom stereocenters. The van der Waals surface area contributed by atoms with Crippen LogP contribution in [-0.2, 0) is 6.54 Å². The lowest BCUT2D eigenvalue weighted by Crippen LogP contribution is -2.29. The molecule has 18 heavy (non-hydrogen) atoms. The molecule has 4 heteroatoms. The van der Waals surface area contributed by atoms with Crippen molar-refractivity contribution in [2.75, 3.05) is 11.4 Å². The van der Waals surface area contributed by atoms with E-state index in [1.165, 1.54) is 17.1 Å². The molecule has 3 nitrogen and oxygen atoms in total. The molecule has 2 aromatic rings. The highest BCUT2D eigenvalue weighted by Crippen LogP contribution is 2.39. The van der Waals surface area contributed by atoms with Crippen LogP contribution in [0.1, 0.15) is 29.3 Å². The first kappa shape index (κ1) is 11.7. The van der Waals surface area contributed by atoms with Crippen molar-refractivity contribution in [2.45, 2.75) is 26.0 Å². The summed E-state index contributed by atoms with van der Waals surface area (Å²) in [6, 6.07) is 10.4. The molecule has 0 fully saturated rings. The minimum Gasteiger partial charge on any atom is -0.388 e. The van der Waals surface area contributed by atoms with Gasteiger partial charge in [-0.2, -0.15) is 4.37 Å². The van der Waals surface area contributed by atoms with E-state index in [0.717, 1.165) is 35.8 Å². The Morgan fingerprint density at radius 3 is 2.94 bits per heavy atom. The van der Waals surface area contributed by atoms with Crippen LogP contribution in [0.15, 0.2) is 30.3 Å². The third-order valence-electron chi connectivity index (χ3n) is 3.40. The first-order valence-corrected chi connectivity index (χ1v) is 6.96. The van der Waals surface area contributed by atoms with Crippen molar-refractivity contribution < 1.29 is 5.11 Å². The fourth-order valence-electron chi connectivity index (χ4n) is 2.46. The van der Waals surface area contributed by atoms with E-state index < -0.39 is 0 Å². The topological polar surface area (TPSA) is 36.4 Å². The number of anilines is 1. The third-order valence-corrected chi connectivity index (χ3v) is 4.41. The number of aliphatic hydroxyl groups is 1. The van der Waals surface area contributed by atoms with E-state index in [2.05, 4.69) is 33.5 Å². The number of rotatable bonds is 2. The highest BCUT2D eigenvalue weighted by Gasteiger charge is 2.27. The summed E-state index contributed by atoms with van der Waals surface area (Å²) in [5, 5.41) is 11.2. The van der Waals surface area contributed by atoms with Crippen LogP contribution in [-0.4, -0.2) is 16.0 Å². The van der Waals surface area contributed by atoms with Crippen LogP contribution in [0.5, 0.6) is 0 Å². The predicted molar refractivity (Wildman–Crippen MR) is 73.9 cm³/mol. The van der Waals surface area contributed by atoms with Crippen LogP contribution < -0.4 is 4.90 Å². The van der Waals surface area contributed by atoms with E-state index in [1.54, 1.807) is 0 Å². The summed E-state index contributed by atoms with van der Waals surface area (Å²) >= 11 is 1.50. The van der Waals surface area contributed by atoms with Crippen molar-refractivity contribution in [3.05, 3.63) is 47.2 Å². The predicted octanol–water partition coefficient (Wildman–Crippen LogP) is 2.90. The minimum atomic E-state index is -0.342. The second-order valence-electron chi connectivity index (χ2n) is 4.70. The second-order valence-corrected chi connectivity index (χ2v) is 5.45. The van der Waals surface area contributed by atoms with Crippen LogP contribution in [0.4, 0.5) is 5.00 Å². The average molecular weight is 260 g/mol. The molecule has 1 aromatic heterocycles. The van der Waals surface area contributed by atoms with Gasteiger partial charge in [-0.05, 0) is 30.4 Å². The van der Waals surface area contributed by atoms with Crippen molar-refractivity contribution in [2.24, 2.45) is 0 Å². The molecule has 3 rings (SSSR count). The van der Waals surface area contributed by atoms with Crippen molar-refractivity contribution in [1.82, 2.24) is 4.37 Å². The summed E-state index contributed by atoms with van der Waals surface area (Å²) in [5.74, 6) is 0. The molecule has 1 aliphatic rings. The maximum Gasteiger partial charge on any atom is 0.118 e. The Bertz CT molecular complexity index is 538. The van der Waals surface area contributed by atoms with Crippen molar-refractivity contribution in [3.8, 4) is 0 Å². The van der Waals surface area contributed by atoms with Gasteiger partial charge in [-0.15, -0.1) is 0 Å². The van der Waals surface area contributed by atoms with Crippen LogP contribution in [0, 0.1) is 6.92 Å². The van der Waals surface area contributed by atoms with Gasteiger partial charge in [0.1, 0.15) is 5.00 Å². The van der Waals surface area contributed by atoms with Gasteiger partial charge in [0.25, 0.3) is 0 Å². The standard InChI is InChI=1S/C14H16N2OS/c1-10-13-12(17)7-8-16(14(13)18-15-10)9-11-5-3-2-4-6-11/h2-6,12,17H,7-9H2,1H3. The number of aliphatic hydroxyl groups excluding tert-OH is 1. The first-order chi connectivity index (χ1) is 8.75. The van der Waals surface area contributed by atoms with E-state index >= 15 is 0 Å². The van der Waals surface area contributed by atoms with E-state index in [4.69, 9.17) is 0 Å². The lowest BCUT2D eigenvalue weighted by molar-refractivity contribution is 0.164. The molecule has 1 atom stereocenters. The maximum atomic E-state index is 10.1. The SMILES string of the molecule is Cc1nsc2c1C(O)CCN2Cc1ccccc1. The summed E-state index contributed by atoms with van der Waals surface area (Å²) in [6.07, 6.45) is 0.449. The number of benzene rings is 1. The molecule has 1 aromatic carbocycles. The van der Waals surface area contributed by atoms with Gasteiger partial charge in [0.15, 0.2) is 0 Å². The number of nitrogens with zero attached hydrogens (tertiary/aromatic N) is 2. The van der Waals surface area contributed by atoms with Gasteiger partial charge in [-0.25, -0.2) is 0 Å². The zero-order chi connectivity index (χ0) is 12.5. The molecule has 0 aliphatic carbocycles. The van der Waals surface area contributed by atoms with Crippen LogP contribution in [0.3, 0.4) is 0 Å². The molecule has 0 radical (unpaired) electrons. The number of hydrogen-bond donors (Lipinski definition) is 1. The number of hydrogen-bond acceptors (Lipinski definition) is 4. The van der Waals surface area contributed by atoms with Crippen molar-refractivity contribution >= 4 is 16.5 Å². The van der Waals surface area contributed by atoms with Crippen LogP contribution in [0.2, 0.25) is 0 Å². The fraction of sp³-hybridized carbons (Fsp3) is 0.357. The van der Waals surface area contributed by atoms with Gasteiger partial charge in [0.2, 0.25) is 0 Å². The summed E-state index contributed by atoms with van der Waals surface area (Å²) in [5.41, 5.74) is 3.30. The average Bonchev–Trinajstić information content (AvgIpc) is 2.78. The molecule has 0 bridgehead atoms. The zero-order valence-corrected chi connectivity index (χ0v) is 11.2. The zero-order valence-electron chi connectivity index (χ0n) is 10.3. The van der Waals surface area contributed by atoms with Gasteiger partial charge < -0.3 is 10.0 Å². The lowest BCUT2D eigenvalue weighted by atomic mass is 10.0. The summed E-state index contributed by atoms with van der Waals surface area (Å²) < 4.78 is 4.38. The molecule has 0 amide bonds. The largest absolute Gasteiger partial charge is 0.388 e. The Balaban J connectivity index is 1.89. The Morgan fingerprint density at radius 2 is 2.17 bits per heavy atom. The van der Waals surface area contributed by atoms with Crippen molar-refractivity contribution in [1.29, 1.82) is 0 Å². The second kappa shape index (κ2) is 4.71. The molecule has 0 saturated heterocycles. The van der Waals surface area contributed by atoms with E-state index in [9.17, 15) is 5.11 Å². The van der Waals surface area contributed by atoms with Crippen molar-refractivity contribution in [3.63, 3.8) is 0 Å². The number of aromatic nitrogens is 1. The van der Waals surface area contributed by atoms with E-state index in [-0.39, 0.29) is 6.10 Å². The molecule has 94 valence electrons. The molecule has 1 N–H and O–H groups in total. The lowest BCUT2D eigenvalue weighted by Gasteiger charge is -2.31. The molecular weight excluding hydrogens is 244 g/mol. The molecule has 0 spiro atoms. The maximum absolute atomic E-state index is 10.1. The van der Waals surface area contributed by atoms with Gasteiger partial charge in [0, 0.05) is 18.7 Å². The summed E-state index contributed by atoms with van der Waals surface area (Å²) in [4.78, 5) is 2.32. The highest BCUT2D eigenvalue weighted by atomic mass is 32.1. The number of aryl methyl sites for hydroxylation is 1. The quantitative estimate of drug-likeness (QED) is 0.902. The first-order valence-electron chi connectivity index (χ1n) is 6.19. The minimum absolute atomic E-state index is 0.342. The molecule has 2 heterocycles. The number of fused-ring (bicyclic) bond motifs is 1. The normalized spacial score (nSPS) is 18.8. The Morgan fingerprint density at radius 1 is 1.39 bits per heavy atom. The fourth-order valence-corrected chi connectivity index (χ4v) is 3.43. The van der Waals surface area contributed by atoms with Crippen LogP contribution >= 0.6 is 11.5 Å². The Hall–Kier alpha value is -1.39. The third kappa shape index (κ3) is 2.02. The van der Waals surface area contributed by atoms with Gasteiger partial charge in [-0.1, -0.05) is 30.3 Å². The molecule has 1 aliphatic heterocycles. The van der Waals surface area contributed by atoms with Gasteiger partial charge in [0.05, 0.1) is 11.8 Å². The molecule has 0 saturated carbocycles. The highest BCUT2D eigenvalue weighted by molar-refractivity contribution is 7.10. The van der Waals surface area contributed by atoms with Gasteiger partial charge in [-0.3, -0.25) is 0 Å². The van der Waals surface area contributed by atoms with E-state index in [1.807, 2.05) is 13.0 Å². The summed E-state index contributed by atoms with van der Waals surface area (Å²) in [6.45, 7) is 3.76. The summed E-state index contributed by atoms with van der Waals surface area (Å²) in [7, 11) is 0.